The lowest BCUT2D eigenvalue weighted by Gasteiger charge is -2.35. The standard InChI is InChI=1S/C24H54O6Si2/c1-19(2)25-31(26-20(3)4,27-21(5)6)17-15-13-14-16-18-32(28-22(7)8,29-23(9)10)30-24(11)12/h19-24H,13-18H2,1-12H3. The van der Waals surface area contributed by atoms with Crippen LogP contribution >= 0.6 is 0 Å². The molecule has 0 aliphatic carbocycles. The molecule has 0 saturated heterocycles. The number of hydrogen-bond acceptors (Lipinski definition) is 6. The van der Waals surface area contributed by atoms with Crippen LogP contribution in [0.2, 0.25) is 12.1 Å². The van der Waals surface area contributed by atoms with E-state index in [-0.39, 0.29) is 36.6 Å². The first-order valence-electron chi connectivity index (χ1n) is 12.8. The predicted molar refractivity (Wildman–Crippen MR) is 137 cm³/mol. The zero-order chi connectivity index (χ0) is 24.9. The molecule has 0 aromatic rings. The highest BCUT2D eigenvalue weighted by Gasteiger charge is 2.45. The average molecular weight is 495 g/mol. The van der Waals surface area contributed by atoms with Crippen LogP contribution < -0.4 is 0 Å². The molecule has 0 rings (SSSR count). The molecular weight excluding hydrogens is 440 g/mol. The van der Waals surface area contributed by atoms with Gasteiger partial charge in [-0.25, -0.2) is 0 Å². The van der Waals surface area contributed by atoms with Crippen LogP contribution in [0.15, 0.2) is 0 Å². The van der Waals surface area contributed by atoms with E-state index in [1.165, 1.54) is 0 Å². The monoisotopic (exact) mass is 494 g/mol. The molecule has 194 valence electrons. The van der Waals surface area contributed by atoms with Crippen molar-refractivity contribution in [3.63, 3.8) is 0 Å². The highest BCUT2D eigenvalue weighted by atomic mass is 28.4. The van der Waals surface area contributed by atoms with E-state index >= 15 is 0 Å². The fraction of sp³-hybridized carbons (Fsp3) is 1.00. The van der Waals surface area contributed by atoms with E-state index in [0.717, 1.165) is 37.8 Å². The Balaban J connectivity index is 4.95. The third-order valence-electron chi connectivity index (χ3n) is 4.21. The molecule has 0 aliphatic rings. The van der Waals surface area contributed by atoms with Gasteiger partial charge in [0.1, 0.15) is 0 Å². The molecule has 6 nitrogen and oxygen atoms in total. The van der Waals surface area contributed by atoms with Gasteiger partial charge in [0, 0.05) is 48.7 Å². The van der Waals surface area contributed by atoms with Crippen LogP contribution in [-0.2, 0) is 26.6 Å². The summed E-state index contributed by atoms with van der Waals surface area (Å²) in [5, 5.41) is 0. The molecule has 0 saturated carbocycles. The van der Waals surface area contributed by atoms with Crippen LogP contribution in [0.3, 0.4) is 0 Å². The summed E-state index contributed by atoms with van der Waals surface area (Å²) in [7, 11) is -5.42. The molecule has 0 aliphatic heterocycles. The Morgan fingerprint density at radius 3 is 0.688 bits per heavy atom. The average Bonchev–Trinajstić information content (AvgIpc) is 2.53. The first kappa shape index (κ1) is 32.2. The van der Waals surface area contributed by atoms with Crippen LogP contribution in [0.4, 0.5) is 0 Å². The summed E-state index contributed by atoms with van der Waals surface area (Å²) in [6.45, 7) is 24.6. The summed E-state index contributed by atoms with van der Waals surface area (Å²) in [4.78, 5) is 0. The van der Waals surface area contributed by atoms with Crippen LogP contribution in [0.5, 0.6) is 0 Å². The molecule has 0 spiro atoms. The predicted octanol–water partition coefficient (Wildman–Crippen LogP) is 6.97. The normalized spacial score (nSPS) is 13.7. The van der Waals surface area contributed by atoms with Crippen molar-refractivity contribution in [3.8, 4) is 0 Å². The molecule has 32 heavy (non-hydrogen) atoms. The molecule has 0 aromatic carbocycles. The Morgan fingerprint density at radius 2 is 0.531 bits per heavy atom. The van der Waals surface area contributed by atoms with Gasteiger partial charge in [-0.2, -0.15) is 0 Å². The molecule has 0 fully saturated rings. The summed E-state index contributed by atoms with van der Waals surface area (Å²) in [5.41, 5.74) is 0. The summed E-state index contributed by atoms with van der Waals surface area (Å²) >= 11 is 0. The van der Waals surface area contributed by atoms with Crippen LogP contribution in [-0.4, -0.2) is 54.2 Å². The molecule has 0 heterocycles. The summed E-state index contributed by atoms with van der Waals surface area (Å²) in [5.74, 6) is 0. The minimum Gasteiger partial charge on any atom is -0.371 e. The van der Waals surface area contributed by atoms with Gasteiger partial charge in [0.25, 0.3) is 0 Å². The fourth-order valence-corrected chi connectivity index (χ4v) is 10.4. The van der Waals surface area contributed by atoms with Gasteiger partial charge in [-0.15, -0.1) is 0 Å². The second-order valence-electron chi connectivity index (χ2n) is 10.3. The summed E-state index contributed by atoms with van der Waals surface area (Å²) in [6.07, 6.45) is 4.73. The number of rotatable bonds is 19. The molecule has 8 heteroatoms. The third kappa shape index (κ3) is 15.2. The maximum atomic E-state index is 6.29. The smallest absolute Gasteiger partial charge is 0.371 e. The molecule has 0 N–H and O–H groups in total. The van der Waals surface area contributed by atoms with Gasteiger partial charge in [-0.05, 0) is 95.9 Å². The minimum atomic E-state index is -2.71. The molecule has 0 unspecified atom stereocenters. The van der Waals surface area contributed by atoms with Crippen molar-refractivity contribution in [2.24, 2.45) is 0 Å². The van der Waals surface area contributed by atoms with Gasteiger partial charge < -0.3 is 26.6 Å². The maximum Gasteiger partial charge on any atom is 0.501 e. The lowest BCUT2D eigenvalue weighted by atomic mass is 10.2. The topological polar surface area (TPSA) is 55.4 Å². The van der Waals surface area contributed by atoms with Crippen molar-refractivity contribution < 1.29 is 26.6 Å². The zero-order valence-corrected chi connectivity index (χ0v) is 25.2. The molecule has 0 atom stereocenters. The summed E-state index contributed by atoms with van der Waals surface area (Å²) in [6, 6.07) is 1.69. The van der Waals surface area contributed by atoms with E-state index in [1.54, 1.807) is 0 Å². The van der Waals surface area contributed by atoms with Crippen molar-refractivity contribution in [2.75, 3.05) is 0 Å². The largest absolute Gasteiger partial charge is 0.501 e. The minimum absolute atomic E-state index is 0.0836. The van der Waals surface area contributed by atoms with E-state index in [4.69, 9.17) is 26.6 Å². The fourth-order valence-electron chi connectivity index (χ4n) is 3.71. The van der Waals surface area contributed by atoms with Crippen molar-refractivity contribution in [1.82, 2.24) is 0 Å². The number of unbranched alkanes of at least 4 members (excludes halogenated alkanes) is 3. The Hall–Kier alpha value is 0.194. The second-order valence-corrected chi connectivity index (χ2v) is 15.4. The maximum absolute atomic E-state index is 6.29. The van der Waals surface area contributed by atoms with Crippen LogP contribution in [0.1, 0.15) is 109 Å². The second kappa shape index (κ2) is 16.0. The Morgan fingerprint density at radius 1 is 0.344 bits per heavy atom. The van der Waals surface area contributed by atoms with Gasteiger partial charge in [0.2, 0.25) is 0 Å². The Kier molecular flexibility index (Phi) is 16.1. The quantitative estimate of drug-likeness (QED) is 0.143. The molecule has 0 radical (unpaired) electrons. The van der Waals surface area contributed by atoms with Crippen LogP contribution in [0.25, 0.3) is 0 Å². The van der Waals surface area contributed by atoms with Gasteiger partial charge in [-0.3, -0.25) is 0 Å². The Bertz CT molecular complexity index is 374. The highest BCUT2D eigenvalue weighted by molar-refractivity contribution is 6.61. The number of hydrogen-bond donors (Lipinski definition) is 0. The van der Waals surface area contributed by atoms with Gasteiger partial charge in [0.15, 0.2) is 0 Å². The first-order valence-corrected chi connectivity index (χ1v) is 16.6. The van der Waals surface area contributed by atoms with Gasteiger partial charge in [0.05, 0.1) is 0 Å². The van der Waals surface area contributed by atoms with Crippen molar-refractivity contribution >= 4 is 17.6 Å². The Labute approximate surface area is 201 Å². The summed E-state index contributed by atoms with van der Waals surface area (Å²) < 4.78 is 37.8. The van der Waals surface area contributed by atoms with E-state index in [2.05, 4.69) is 83.1 Å². The van der Waals surface area contributed by atoms with E-state index in [9.17, 15) is 0 Å². The van der Waals surface area contributed by atoms with Gasteiger partial charge in [-0.1, -0.05) is 12.8 Å². The van der Waals surface area contributed by atoms with Crippen LogP contribution in [0, 0.1) is 0 Å². The molecular formula is C24H54O6Si2. The molecule has 0 aromatic heterocycles. The van der Waals surface area contributed by atoms with E-state index in [1.807, 2.05) is 0 Å². The lowest BCUT2D eigenvalue weighted by molar-refractivity contribution is 0.000922. The van der Waals surface area contributed by atoms with E-state index < -0.39 is 17.6 Å². The SMILES string of the molecule is CC(C)O[Si](CCCCCC[Si](OC(C)C)(OC(C)C)OC(C)C)(OC(C)C)OC(C)C. The van der Waals surface area contributed by atoms with Crippen molar-refractivity contribution in [1.29, 1.82) is 0 Å². The van der Waals surface area contributed by atoms with Crippen molar-refractivity contribution in [3.05, 3.63) is 0 Å². The zero-order valence-electron chi connectivity index (χ0n) is 23.2. The van der Waals surface area contributed by atoms with E-state index in [0.29, 0.717) is 0 Å². The molecule has 0 bridgehead atoms. The third-order valence-corrected chi connectivity index (χ3v) is 11.1. The lowest BCUT2D eigenvalue weighted by Crippen LogP contribution is -2.50. The molecule has 0 amide bonds. The highest BCUT2D eigenvalue weighted by Crippen LogP contribution is 2.27. The first-order chi connectivity index (χ1) is 14.7. The van der Waals surface area contributed by atoms with Gasteiger partial charge >= 0.3 is 17.6 Å². The van der Waals surface area contributed by atoms with Crippen molar-refractivity contribution in [2.45, 2.75) is 157 Å².